The van der Waals surface area contributed by atoms with Gasteiger partial charge in [-0.2, -0.15) is 5.10 Å². The second-order valence-electron chi connectivity index (χ2n) is 5.11. The number of nitrogens with zero attached hydrogens (tertiary/aromatic N) is 2. The second kappa shape index (κ2) is 6.91. The van der Waals surface area contributed by atoms with Gasteiger partial charge in [0.1, 0.15) is 0 Å². The second-order valence-corrected chi connectivity index (χ2v) is 5.52. The van der Waals surface area contributed by atoms with E-state index in [0.29, 0.717) is 12.6 Å². The summed E-state index contributed by atoms with van der Waals surface area (Å²) < 4.78 is 2.01. The van der Waals surface area contributed by atoms with Gasteiger partial charge < -0.3 is 5.32 Å². The molecule has 0 aliphatic heterocycles. The van der Waals surface area contributed by atoms with E-state index >= 15 is 0 Å². The maximum Gasteiger partial charge on any atom is 0.0677 e. The van der Waals surface area contributed by atoms with Crippen molar-refractivity contribution in [3.05, 3.63) is 52.3 Å². The van der Waals surface area contributed by atoms with E-state index in [1.807, 2.05) is 35.1 Å². The number of rotatable bonds is 6. The van der Waals surface area contributed by atoms with Crippen molar-refractivity contribution in [1.29, 1.82) is 0 Å². The van der Waals surface area contributed by atoms with Crippen molar-refractivity contribution in [3.63, 3.8) is 0 Å². The zero-order valence-corrected chi connectivity index (χ0v) is 13.1. The minimum absolute atomic E-state index is 0.329. The summed E-state index contributed by atoms with van der Waals surface area (Å²) in [6.45, 7) is 8.21. The van der Waals surface area contributed by atoms with Crippen molar-refractivity contribution in [3.8, 4) is 0 Å². The Morgan fingerprint density at radius 2 is 2.10 bits per heavy atom. The molecule has 0 amide bonds. The summed E-state index contributed by atoms with van der Waals surface area (Å²) in [7, 11) is 0. The predicted molar refractivity (Wildman–Crippen MR) is 84.2 cm³/mol. The molecule has 0 bridgehead atoms. The quantitative estimate of drug-likeness (QED) is 0.873. The highest BCUT2D eigenvalue weighted by Gasteiger charge is 2.13. The molecule has 2 aromatic rings. The molecule has 2 rings (SSSR count). The maximum absolute atomic E-state index is 6.21. The molecule has 4 heteroatoms. The topological polar surface area (TPSA) is 29.9 Å². The third-order valence-electron chi connectivity index (χ3n) is 3.59. The Morgan fingerprint density at radius 3 is 2.80 bits per heavy atom. The molecule has 1 N–H and O–H groups in total. The molecule has 0 fully saturated rings. The molecule has 0 saturated carbocycles. The van der Waals surface area contributed by atoms with Gasteiger partial charge in [-0.15, -0.1) is 0 Å². The van der Waals surface area contributed by atoms with Gasteiger partial charge in [-0.1, -0.05) is 36.7 Å². The number of halogens is 1. The Labute approximate surface area is 126 Å². The maximum atomic E-state index is 6.21. The average Bonchev–Trinajstić information content (AvgIpc) is 2.80. The third kappa shape index (κ3) is 3.41. The van der Waals surface area contributed by atoms with Crippen LogP contribution in [0.25, 0.3) is 0 Å². The van der Waals surface area contributed by atoms with Crippen molar-refractivity contribution in [1.82, 2.24) is 15.1 Å². The van der Waals surface area contributed by atoms with Crippen LogP contribution >= 0.6 is 11.6 Å². The third-order valence-corrected chi connectivity index (χ3v) is 3.95. The molecule has 1 aromatic carbocycles. The fraction of sp³-hybridized carbons (Fsp3) is 0.438. The summed E-state index contributed by atoms with van der Waals surface area (Å²) in [6.07, 6.45) is 3.09. The first-order chi connectivity index (χ1) is 9.63. The molecule has 1 unspecified atom stereocenters. The normalized spacial score (nSPS) is 12.6. The van der Waals surface area contributed by atoms with Crippen LogP contribution in [0.1, 0.15) is 43.1 Å². The van der Waals surface area contributed by atoms with Gasteiger partial charge >= 0.3 is 0 Å². The minimum Gasteiger partial charge on any atom is -0.310 e. The van der Waals surface area contributed by atoms with Crippen molar-refractivity contribution in [2.24, 2.45) is 0 Å². The highest BCUT2D eigenvalue weighted by molar-refractivity contribution is 6.31. The number of benzene rings is 1. The fourth-order valence-electron chi connectivity index (χ4n) is 2.30. The van der Waals surface area contributed by atoms with E-state index in [1.54, 1.807) is 0 Å². The first-order valence-electron chi connectivity index (χ1n) is 7.12. The molecule has 0 spiro atoms. The van der Waals surface area contributed by atoms with Gasteiger partial charge in [0.2, 0.25) is 0 Å². The van der Waals surface area contributed by atoms with Gasteiger partial charge in [-0.25, -0.2) is 0 Å². The Balaban J connectivity index is 2.15. The van der Waals surface area contributed by atoms with Crippen LogP contribution in [0, 0.1) is 6.92 Å². The van der Waals surface area contributed by atoms with E-state index in [-0.39, 0.29) is 0 Å². The number of nitrogens with one attached hydrogen (secondary N) is 1. The summed E-state index contributed by atoms with van der Waals surface area (Å²) in [5.41, 5.74) is 3.55. The summed E-state index contributed by atoms with van der Waals surface area (Å²) in [5, 5.41) is 8.79. The molecule has 1 aromatic heterocycles. The molecule has 108 valence electrons. The SMILES string of the molecule is CCCNC(C)c1cnn(Cc2ccccc2Cl)c1C. The smallest absolute Gasteiger partial charge is 0.0677 e. The lowest BCUT2D eigenvalue weighted by Gasteiger charge is -2.13. The van der Waals surface area contributed by atoms with Crippen molar-refractivity contribution >= 4 is 11.6 Å². The Kier molecular flexibility index (Phi) is 5.21. The summed E-state index contributed by atoms with van der Waals surface area (Å²) >= 11 is 6.21. The minimum atomic E-state index is 0.329. The van der Waals surface area contributed by atoms with Crippen LogP contribution in [0.2, 0.25) is 5.02 Å². The number of aromatic nitrogens is 2. The van der Waals surface area contributed by atoms with Crippen LogP contribution in [0.5, 0.6) is 0 Å². The van der Waals surface area contributed by atoms with Gasteiger partial charge in [-0.3, -0.25) is 4.68 Å². The van der Waals surface area contributed by atoms with Crippen LogP contribution in [0.15, 0.2) is 30.5 Å². The lowest BCUT2D eigenvalue weighted by molar-refractivity contribution is 0.565. The van der Waals surface area contributed by atoms with Crippen LogP contribution in [0.4, 0.5) is 0 Å². The summed E-state index contributed by atoms with van der Waals surface area (Å²) in [4.78, 5) is 0. The van der Waals surface area contributed by atoms with Gasteiger partial charge in [-0.05, 0) is 38.4 Å². The van der Waals surface area contributed by atoms with Gasteiger partial charge in [0.05, 0.1) is 12.7 Å². The largest absolute Gasteiger partial charge is 0.310 e. The monoisotopic (exact) mass is 291 g/mol. The summed E-state index contributed by atoms with van der Waals surface area (Å²) in [5.74, 6) is 0. The van der Waals surface area contributed by atoms with Crippen molar-refractivity contribution in [2.45, 2.75) is 39.8 Å². The van der Waals surface area contributed by atoms with Crippen LogP contribution < -0.4 is 5.32 Å². The van der Waals surface area contributed by atoms with E-state index in [1.165, 1.54) is 11.3 Å². The van der Waals surface area contributed by atoms with Gasteiger partial charge in [0.15, 0.2) is 0 Å². The average molecular weight is 292 g/mol. The van der Waals surface area contributed by atoms with E-state index in [0.717, 1.165) is 23.6 Å². The van der Waals surface area contributed by atoms with Gasteiger partial charge in [0, 0.05) is 22.3 Å². The molecule has 1 atom stereocenters. The molecule has 0 aliphatic carbocycles. The Bertz CT molecular complexity index is 563. The lowest BCUT2D eigenvalue weighted by Crippen LogP contribution is -2.19. The first-order valence-corrected chi connectivity index (χ1v) is 7.50. The highest BCUT2D eigenvalue weighted by atomic mass is 35.5. The Hall–Kier alpha value is -1.32. The molecule has 0 aliphatic rings. The van der Waals surface area contributed by atoms with Crippen LogP contribution in [0.3, 0.4) is 0 Å². The van der Waals surface area contributed by atoms with Crippen molar-refractivity contribution in [2.75, 3.05) is 6.54 Å². The standard InChI is InChI=1S/C16H22ClN3/c1-4-9-18-12(2)15-10-19-20(13(15)3)11-14-7-5-6-8-16(14)17/h5-8,10,12,18H,4,9,11H2,1-3H3. The molecule has 1 heterocycles. The molecule has 20 heavy (non-hydrogen) atoms. The molecular weight excluding hydrogens is 270 g/mol. The molecular formula is C16H22ClN3. The first kappa shape index (κ1) is 15.1. The molecule has 3 nitrogen and oxygen atoms in total. The Morgan fingerprint density at radius 1 is 1.35 bits per heavy atom. The van der Waals surface area contributed by atoms with Crippen LogP contribution in [-0.4, -0.2) is 16.3 Å². The van der Waals surface area contributed by atoms with E-state index in [9.17, 15) is 0 Å². The zero-order chi connectivity index (χ0) is 14.5. The lowest BCUT2D eigenvalue weighted by atomic mass is 10.1. The summed E-state index contributed by atoms with van der Waals surface area (Å²) in [6, 6.07) is 8.25. The fourth-order valence-corrected chi connectivity index (χ4v) is 2.50. The molecule has 0 radical (unpaired) electrons. The van der Waals surface area contributed by atoms with Crippen LogP contribution in [-0.2, 0) is 6.54 Å². The highest BCUT2D eigenvalue weighted by Crippen LogP contribution is 2.20. The van der Waals surface area contributed by atoms with Gasteiger partial charge in [0.25, 0.3) is 0 Å². The molecule has 0 saturated heterocycles. The number of hydrogen-bond acceptors (Lipinski definition) is 2. The van der Waals surface area contributed by atoms with Crippen molar-refractivity contribution < 1.29 is 0 Å². The zero-order valence-electron chi connectivity index (χ0n) is 12.4. The predicted octanol–water partition coefficient (Wildman–Crippen LogP) is 3.95. The van der Waals surface area contributed by atoms with E-state index in [4.69, 9.17) is 11.6 Å². The van der Waals surface area contributed by atoms with E-state index in [2.05, 4.69) is 31.2 Å². The van der Waals surface area contributed by atoms with E-state index < -0.39 is 0 Å². The number of hydrogen-bond donors (Lipinski definition) is 1.